The van der Waals surface area contributed by atoms with E-state index in [0.29, 0.717) is 38.3 Å². The van der Waals surface area contributed by atoms with Gasteiger partial charge in [-0.2, -0.15) is 0 Å². The fourth-order valence-electron chi connectivity index (χ4n) is 4.95. The number of fused-ring (bicyclic) bond motifs is 1. The molecule has 3 rings (SSSR count). The molecule has 2 heterocycles. The Bertz CT molecular complexity index is 961. The number of rotatable bonds is 7. The fourth-order valence-corrected chi connectivity index (χ4v) is 4.95. The molecule has 0 saturated carbocycles. The van der Waals surface area contributed by atoms with E-state index in [0.717, 1.165) is 26.1 Å². The molecule has 0 aromatic heterocycles. The number of para-hydroxylation sites is 1. The topological polar surface area (TPSA) is 129 Å². The predicted molar refractivity (Wildman–Crippen MR) is 149 cm³/mol. The van der Waals surface area contributed by atoms with Crippen LogP contribution in [0.3, 0.4) is 0 Å². The Balaban J connectivity index is 1.70. The second-order valence-corrected chi connectivity index (χ2v) is 10.9. The molecule has 2 aliphatic rings. The molecular formula is C29H45N5O5. The van der Waals surface area contributed by atoms with Gasteiger partial charge in [-0.05, 0) is 69.8 Å². The van der Waals surface area contributed by atoms with Gasteiger partial charge in [0.2, 0.25) is 17.7 Å². The average molecular weight is 544 g/mol. The summed E-state index contributed by atoms with van der Waals surface area (Å²) in [6, 6.07) is 4.97. The highest BCUT2D eigenvalue weighted by Gasteiger charge is 2.28. The monoisotopic (exact) mass is 543 g/mol. The predicted octanol–water partition coefficient (Wildman–Crippen LogP) is 1.99. The van der Waals surface area contributed by atoms with Gasteiger partial charge in [-0.3, -0.25) is 19.2 Å². The first-order chi connectivity index (χ1) is 18.8. The van der Waals surface area contributed by atoms with E-state index in [4.69, 9.17) is 4.74 Å². The van der Waals surface area contributed by atoms with Crippen molar-refractivity contribution in [3.05, 3.63) is 29.8 Å². The number of nitrogens with zero attached hydrogens (tertiary/aromatic N) is 1. The van der Waals surface area contributed by atoms with Crippen molar-refractivity contribution < 1.29 is 23.9 Å². The summed E-state index contributed by atoms with van der Waals surface area (Å²) in [5.74, 6) is -1.11. The molecule has 1 aromatic carbocycles. The van der Waals surface area contributed by atoms with Crippen molar-refractivity contribution in [1.82, 2.24) is 26.2 Å². The van der Waals surface area contributed by atoms with Gasteiger partial charge in [-0.1, -0.05) is 38.8 Å². The lowest BCUT2D eigenvalue weighted by Crippen LogP contribution is -2.52. The van der Waals surface area contributed by atoms with Gasteiger partial charge in [-0.15, -0.1) is 0 Å². The summed E-state index contributed by atoms with van der Waals surface area (Å²) < 4.78 is 5.82. The van der Waals surface area contributed by atoms with Crippen molar-refractivity contribution in [1.29, 1.82) is 0 Å². The molecule has 0 radical (unpaired) electrons. The molecule has 0 aliphatic carbocycles. The van der Waals surface area contributed by atoms with Gasteiger partial charge in [0, 0.05) is 13.1 Å². The largest absolute Gasteiger partial charge is 0.493 e. The van der Waals surface area contributed by atoms with Gasteiger partial charge < -0.3 is 30.9 Å². The lowest BCUT2D eigenvalue weighted by Gasteiger charge is -2.23. The third-order valence-electron chi connectivity index (χ3n) is 7.03. The minimum absolute atomic E-state index is 0.170. The van der Waals surface area contributed by atoms with Crippen LogP contribution in [0, 0.1) is 5.92 Å². The maximum atomic E-state index is 13.2. The van der Waals surface area contributed by atoms with Crippen molar-refractivity contribution in [3.8, 4) is 5.75 Å². The average Bonchev–Trinajstić information content (AvgIpc) is 3.18. The van der Waals surface area contributed by atoms with E-state index < -0.39 is 29.8 Å². The molecule has 1 aromatic rings. The number of benzene rings is 1. The summed E-state index contributed by atoms with van der Waals surface area (Å²) in [4.78, 5) is 54.7. The molecule has 1 fully saturated rings. The van der Waals surface area contributed by atoms with Crippen molar-refractivity contribution in [2.45, 2.75) is 77.3 Å². The van der Waals surface area contributed by atoms with E-state index in [2.05, 4.69) is 26.2 Å². The molecule has 2 atom stereocenters. The maximum absolute atomic E-state index is 13.2. The van der Waals surface area contributed by atoms with E-state index in [1.165, 1.54) is 25.7 Å². The van der Waals surface area contributed by atoms with E-state index in [1.54, 1.807) is 24.3 Å². The van der Waals surface area contributed by atoms with Crippen LogP contribution in [0.25, 0.3) is 0 Å². The van der Waals surface area contributed by atoms with Gasteiger partial charge in [0.15, 0.2) is 0 Å². The molecule has 4 amide bonds. The molecule has 4 N–H and O–H groups in total. The Labute approximate surface area is 232 Å². The zero-order valence-electron chi connectivity index (χ0n) is 23.4. The van der Waals surface area contributed by atoms with Crippen LogP contribution in [-0.4, -0.2) is 79.9 Å². The first kappa shape index (κ1) is 30.4. The number of ether oxygens (including phenoxy) is 1. The molecule has 2 aliphatic heterocycles. The van der Waals surface area contributed by atoms with Gasteiger partial charge in [0.05, 0.1) is 18.6 Å². The zero-order valence-corrected chi connectivity index (χ0v) is 23.4. The van der Waals surface area contributed by atoms with Crippen molar-refractivity contribution >= 4 is 23.6 Å². The highest BCUT2D eigenvalue weighted by Crippen LogP contribution is 2.19. The van der Waals surface area contributed by atoms with Gasteiger partial charge in [0.1, 0.15) is 17.8 Å². The SMILES string of the molecule is CC(C)C[C@H]1NC(=O)C[C@@H](C(=O)NCCCN2CCCCCC2)NC(=O)c2ccccc2OCCCNC1=O. The smallest absolute Gasteiger partial charge is 0.255 e. The fraction of sp³-hybridized carbons (Fsp3) is 0.655. The standard InChI is InChI=1S/C29H45N5O5/c1-21(2)19-23-28(37)31-14-10-18-39-25-12-6-5-11-22(25)27(36)33-24(20-26(35)32-23)29(38)30-13-9-17-34-15-7-3-4-8-16-34/h5-6,11-12,21,23-24H,3-4,7-10,13-20H2,1-2H3,(H,30,38)(H,31,37)(H,32,35)(H,33,36)/t23-,24+/m1/s1. The van der Waals surface area contributed by atoms with Crippen LogP contribution in [0.15, 0.2) is 24.3 Å². The van der Waals surface area contributed by atoms with E-state index in [-0.39, 0.29) is 23.8 Å². The van der Waals surface area contributed by atoms with Gasteiger partial charge >= 0.3 is 0 Å². The Morgan fingerprint density at radius 1 is 1.05 bits per heavy atom. The molecule has 216 valence electrons. The molecular weight excluding hydrogens is 498 g/mol. The Morgan fingerprint density at radius 2 is 1.79 bits per heavy atom. The van der Waals surface area contributed by atoms with Gasteiger partial charge in [0.25, 0.3) is 5.91 Å². The highest BCUT2D eigenvalue weighted by atomic mass is 16.5. The van der Waals surface area contributed by atoms with Crippen LogP contribution in [0.4, 0.5) is 0 Å². The summed E-state index contributed by atoms with van der Waals surface area (Å²) in [5, 5.41) is 11.3. The summed E-state index contributed by atoms with van der Waals surface area (Å²) >= 11 is 0. The second kappa shape index (κ2) is 16.1. The molecule has 10 nitrogen and oxygen atoms in total. The van der Waals surface area contributed by atoms with Crippen LogP contribution in [-0.2, 0) is 14.4 Å². The summed E-state index contributed by atoms with van der Waals surface area (Å²) in [5.41, 5.74) is 0.286. The lowest BCUT2D eigenvalue weighted by atomic mass is 10.0. The minimum atomic E-state index is -1.10. The molecule has 39 heavy (non-hydrogen) atoms. The van der Waals surface area contributed by atoms with Crippen molar-refractivity contribution in [2.24, 2.45) is 5.92 Å². The first-order valence-electron chi connectivity index (χ1n) is 14.4. The number of hydrogen-bond acceptors (Lipinski definition) is 6. The first-order valence-corrected chi connectivity index (χ1v) is 14.4. The zero-order chi connectivity index (χ0) is 28.0. The lowest BCUT2D eigenvalue weighted by molar-refractivity contribution is -0.131. The van der Waals surface area contributed by atoms with E-state index in [9.17, 15) is 19.2 Å². The summed E-state index contributed by atoms with van der Waals surface area (Å²) in [7, 11) is 0. The Morgan fingerprint density at radius 3 is 2.54 bits per heavy atom. The Kier molecular flexibility index (Phi) is 12.5. The number of amides is 4. The highest BCUT2D eigenvalue weighted by molar-refractivity contribution is 6.01. The summed E-state index contributed by atoms with van der Waals surface area (Å²) in [6.07, 6.45) is 6.44. The quantitative estimate of drug-likeness (QED) is 0.390. The number of hydrogen-bond donors (Lipinski definition) is 4. The minimum Gasteiger partial charge on any atom is -0.493 e. The van der Waals surface area contributed by atoms with Crippen molar-refractivity contribution in [2.75, 3.05) is 39.3 Å². The molecule has 0 spiro atoms. The van der Waals surface area contributed by atoms with Gasteiger partial charge in [-0.25, -0.2) is 0 Å². The van der Waals surface area contributed by atoms with E-state index >= 15 is 0 Å². The number of nitrogens with one attached hydrogen (secondary N) is 4. The Hall–Kier alpha value is -3.14. The van der Waals surface area contributed by atoms with Crippen LogP contribution in [0.1, 0.15) is 75.6 Å². The van der Waals surface area contributed by atoms with Crippen LogP contribution < -0.4 is 26.0 Å². The normalized spacial score (nSPS) is 22.2. The van der Waals surface area contributed by atoms with Crippen LogP contribution in [0.2, 0.25) is 0 Å². The van der Waals surface area contributed by atoms with Crippen LogP contribution in [0.5, 0.6) is 5.75 Å². The second-order valence-electron chi connectivity index (χ2n) is 10.9. The van der Waals surface area contributed by atoms with E-state index in [1.807, 2.05) is 13.8 Å². The molecule has 0 unspecified atom stereocenters. The molecule has 10 heteroatoms. The van der Waals surface area contributed by atoms with Crippen LogP contribution >= 0.6 is 0 Å². The number of likely N-dealkylation sites (tertiary alicyclic amines) is 1. The third-order valence-corrected chi connectivity index (χ3v) is 7.03. The molecule has 0 bridgehead atoms. The summed E-state index contributed by atoms with van der Waals surface area (Å²) in [6.45, 7) is 8.13. The third kappa shape index (κ3) is 10.5. The molecule has 1 saturated heterocycles. The number of carbonyl (C=O) groups is 4. The van der Waals surface area contributed by atoms with Crippen molar-refractivity contribution in [3.63, 3.8) is 0 Å². The maximum Gasteiger partial charge on any atom is 0.255 e. The number of carbonyl (C=O) groups excluding carboxylic acids is 4.